The van der Waals surface area contributed by atoms with Crippen LogP contribution in [-0.4, -0.2) is 74.6 Å². The van der Waals surface area contributed by atoms with Gasteiger partial charge < -0.3 is 4.74 Å². The lowest BCUT2D eigenvalue weighted by Gasteiger charge is -2.35. The third-order valence-electron chi connectivity index (χ3n) is 4.76. The van der Waals surface area contributed by atoms with Gasteiger partial charge in [0.2, 0.25) is 0 Å². The predicted octanol–water partition coefficient (Wildman–Crippen LogP) is 1.41. The summed E-state index contributed by atoms with van der Waals surface area (Å²) in [7, 11) is 0. The van der Waals surface area contributed by atoms with Crippen LogP contribution in [-0.2, 0) is 4.74 Å². The first-order valence-electron chi connectivity index (χ1n) is 8.99. The standard InChI is InChI=1S/C18H33N4O/c1-3-8-18(4-2,20-17-22-10-6-5-7-11-22)19-9-12-21-13-15-23-16-14-21/h3-4,19H,1-2,5-17H2. The average Bonchev–Trinajstić information content (AvgIpc) is 2.61. The summed E-state index contributed by atoms with van der Waals surface area (Å²) in [6.45, 7) is 16.7. The summed E-state index contributed by atoms with van der Waals surface area (Å²) in [4.78, 5) is 4.87. The summed E-state index contributed by atoms with van der Waals surface area (Å²) in [5.74, 6) is 0. The van der Waals surface area contributed by atoms with Gasteiger partial charge in [0.1, 0.15) is 5.66 Å². The fourth-order valence-corrected chi connectivity index (χ4v) is 3.21. The van der Waals surface area contributed by atoms with E-state index in [1.165, 1.54) is 32.4 Å². The number of ether oxygens (including phenoxy) is 1. The number of nitrogens with one attached hydrogen (secondary N) is 1. The first-order chi connectivity index (χ1) is 11.3. The maximum Gasteiger partial charge on any atom is 0.108 e. The van der Waals surface area contributed by atoms with E-state index in [0.29, 0.717) is 0 Å². The quantitative estimate of drug-likeness (QED) is 0.618. The largest absolute Gasteiger partial charge is 0.379 e. The molecule has 0 aromatic rings. The van der Waals surface area contributed by atoms with Crippen molar-refractivity contribution in [2.24, 2.45) is 0 Å². The molecule has 0 saturated carbocycles. The zero-order chi connectivity index (χ0) is 16.4. The maximum atomic E-state index is 5.40. The molecule has 0 spiro atoms. The van der Waals surface area contributed by atoms with Gasteiger partial charge in [-0.2, -0.15) is 0 Å². The summed E-state index contributed by atoms with van der Waals surface area (Å²) in [6.07, 6.45) is 8.60. The minimum absolute atomic E-state index is 0.383. The molecule has 2 heterocycles. The summed E-state index contributed by atoms with van der Waals surface area (Å²) in [5, 5.41) is 8.56. The highest BCUT2D eigenvalue weighted by Crippen LogP contribution is 2.13. The van der Waals surface area contributed by atoms with E-state index in [0.717, 1.165) is 52.5 Å². The second-order valence-electron chi connectivity index (χ2n) is 6.48. The molecule has 5 heteroatoms. The number of nitrogens with zero attached hydrogens (tertiary/aromatic N) is 3. The molecule has 1 radical (unpaired) electrons. The van der Waals surface area contributed by atoms with E-state index in [2.05, 4.69) is 28.3 Å². The SMILES string of the molecule is C=CCC(C=C)([N]CN1CCCCC1)NCCN1CCOCC1. The van der Waals surface area contributed by atoms with Gasteiger partial charge in [0, 0.05) is 32.6 Å². The van der Waals surface area contributed by atoms with Crippen LogP contribution in [0.5, 0.6) is 0 Å². The van der Waals surface area contributed by atoms with Crippen molar-refractivity contribution in [3.05, 3.63) is 25.3 Å². The molecule has 0 aliphatic carbocycles. The third kappa shape index (κ3) is 6.36. The number of hydrogen-bond donors (Lipinski definition) is 1. The van der Waals surface area contributed by atoms with Gasteiger partial charge in [0.25, 0.3) is 0 Å². The summed E-state index contributed by atoms with van der Waals surface area (Å²) in [5.41, 5.74) is -0.383. The van der Waals surface area contributed by atoms with Gasteiger partial charge in [-0.3, -0.25) is 15.1 Å². The molecule has 0 aromatic carbocycles. The second-order valence-corrected chi connectivity index (χ2v) is 6.48. The molecule has 2 aliphatic heterocycles. The van der Waals surface area contributed by atoms with Crippen LogP contribution in [0.3, 0.4) is 0 Å². The van der Waals surface area contributed by atoms with Gasteiger partial charge in [-0.1, -0.05) is 25.2 Å². The molecule has 0 amide bonds. The highest BCUT2D eigenvalue weighted by atomic mass is 16.5. The van der Waals surface area contributed by atoms with Crippen molar-refractivity contribution in [1.82, 2.24) is 20.4 Å². The van der Waals surface area contributed by atoms with Crippen molar-refractivity contribution in [2.45, 2.75) is 31.3 Å². The van der Waals surface area contributed by atoms with Crippen LogP contribution in [0.15, 0.2) is 25.3 Å². The van der Waals surface area contributed by atoms with Crippen LogP contribution < -0.4 is 10.6 Å². The van der Waals surface area contributed by atoms with E-state index in [4.69, 9.17) is 10.1 Å². The monoisotopic (exact) mass is 321 g/mol. The van der Waals surface area contributed by atoms with Crippen molar-refractivity contribution in [1.29, 1.82) is 0 Å². The summed E-state index contributed by atoms with van der Waals surface area (Å²) in [6, 6.07) is 0. The smallest absolute Gasteiger partial charge is 0.108 e. The highest BCUT2D eigenvalue weighted by Gasteiger charge is 2.26. The molecule has 2 rings (SSSR count). The van der Waals surface area contributed by atoms with Crippen molar-refractivity contribution in [2.75, 3.05) is 59.2 Å². The van der Waals surface area contributed by atoms with Gasteiger partial charge in [-0.15, -0.1) is 6.58 Å². The Bertz CT molecular complexity index is 351. The Kier molecular flexibility index (Phi) is 8.26. The molecule has 0 bridgehead atoms. The molecule has 1 atom stereocenters. The average molecular weight is 321 g/mol. The third-order valence-corrected chi connectivity index (χ3v) is 4.76. The lowest BCUT2D eigenvalue weighted by Crippen LogP contribution is -2.55. The van der Waals surface area contributed by atoms with Gasteiger partial charge in [-0.25, -0.2) is 5.32 Å². The molecule has 23 heavy (non-hydrogen) atoms. The zero-order valence-electron chi connectivity index (χ0n) is 14.5. The molecule has 131 valence electrons. The van der Waals surface area contributed by atoms with Crippen molar-refractivity contribution >= 4 is 0 Å². The number of rotatable bonds is 10. The molecule has 1 N–H and O–H groups in total. The minimum atomic E-state index is -0.383. The lowest BCUT2D eigenvalue weighted by atomic mass is 10.1. The van der Waals surface area contributed by atoms with E-state index in [1.807, 2.05) is 12.2 Å². The Morgan fingerprint density at radius 3 is 2.43 bits per heavy atom. The minimum Gasteiger partial charge on any atom is -0.379 e. The van der Waals surface area contributed by atoms with Gasteiger partial charge in [0.05, 0.1) is 19.9 Å². The van der Waals surface area contributed by atoms with Crippen LogP contribution in [0.25, 0.3) is 0 Å². The van der Waals surface area contributed by atoms with Crippen LogP contribution in [0, 0.1) is 0 Å². The highest BCUT2D eigenvalue weighted by molar-refractivity contribution is 5.04. The van der Waals surface area contributed by atoms with E-state index in [9.17, 15) is 0 Å². The van der Waals surface area contributed by atoms with Crippen LogP contribution in [0.1, 0.15) is 25.7 Å². The molecule has 5 nitrogen and oxygen atoms in total. The lowest BCUT2D eigenvalue weighted by molar-refractivity contribution is 0.0372. The molecule has 1 unspecified atom stereocenters. The molecule has 2 aliphatic rings. The molecule has 2 saturated heterocycles. The maximum absolute atomic E-state index is 5.40. The number of piperidine rings is 1. The van der Waals surface area contributed by atoms with Crippen LogP contribution in [0.4, 0.5) is 0 Å². The van der Waals surface area contributed by atoms with E-state index >= 15 is 0 Å². The Balaban J connectivity index is 1.78. The molecule has 2 fully saturated rings. The van der Waals surface area contributed by atoms with Crippen molar-refractivity contribution in [3.63, 3.8) is 0 Å². The topological polar surface area (TPSA) is 41.8 Å². The summed E-state index contributed by atoms with van der Waals surface area (Å²) < 4.78 is 5.40. The van der Waals surface area contributed by atoms with Crippen LogP contribution >= 0.6 is 0 Å². The number of morpholine rings is 1. The van der Waals surface area contributed by atoms with E-state index in [-0.39, 0.29) is 5.66 Å². The van der Waals surface area contributed by atoms with Crippen LogP contribution in [0.2, 0.25) is 0 Å². The normalized spacial score (nSPS) is 23.3. The first kappa shape index (κ1) is 18.6. The van der Waals surface area contributed by atoms with Crippen molar-refractivity contribution in [3.8, 4) is 0 Å². The molecule has 0 aromatic heterocycles. The first-order valence-corrected chi connectivity index (χ1v) is 8.99. The zero-order valence-corrected chi connectivity index (χ0v) is 14.5. The van der Waals surface area contributed by atoms with Gasteiger partial charge in [0.15, 0.2) is 0 Å². The van der Waals surface area contributed by atoms with Gasteiger partial charge >= 0.3 is 0 Å². The Morgan fingerprint density at radius 2 is 1.78 bits per heavy atom. The number of likely N-dealkylation sites (tertiary alicyclic amines) is 1. The fourth-order valence-electron chi connectivity index (χ4n) is 3.21. The van der Waals surface area contributed by atoms with E-state index in [1.54, 1.807) is 0 Å². The Labute approximate surface area is 141 Å². The molecular formula is C18H33N4O. The second kappa shape index (κ2) is 10.2. The fraction of sp³-hybridized carbons (Fsp3) is 0.778. The van der Waals surface area contributed by atoms with Gasteiger partial charge in [-0.05, 0) is 25.9 Å². The number of hydrogen-bond acceptors (Lipinski definition) is 4. The Hall–Kier alpha value is -0.720. The molecular weight excluding hydrogens is 288 g/mol. The Morgan fingerprint density at radius 1 is 1.04 bits per heavy atom. The summed E-state index contributed by atoms with van der Waals surface area (Å²) >= 11 is 0. The van der Waals surface area contributed by atoms with Crippen molar-refractivity contribution < 1.29 is 4.74 Å². The predicted molar refractivity (Wildman–Crippen MR) is 95.4 cm³/mol. The van der Waals surface area contributed by atoms with E-state index < -0.39 is 0 Å².